The Balaban J connectivity index is 1.55. The minimum Gasteiger partial charge on any atom is -0.355 e. The Kier molecular flexibility index (Phi) is 4.84. The summed E-state index contributed by atoms with van der Waals surface area (Å²) >= 11 is 0. The Morgan fingerprint density at radius 1 is 0.562 bits per heavy atom. The first-order valence-corrected chi connectivity index (χ1v) is 10.2. The minimum absolute atomic E-state index is 0.214. The van der Waals surface area contributed by atoms with Crippen LogP contribution < -0.4 is 10.6 Å². The first-order chi connectivity index (χ1) is 15.6. The van der Waals surface area contributed by atoms with Crippen molar-refractivity contribution in [1.82, 2.24) is 0 Å². The molecule has 0 atom stereocenters. The zero-order chi connectivity index (χ0) is 22.1. The second-order valence-electron chi connectivity index (χ2n) is 7.43. The molecule has 1 aliphatic rings. The summed E-state index contributed by atoms with van der Waals surface area (Å²) in [7, 11) is 0. The van der Waals surface area contributed by atoms with Crippen LogP contribution in [0.2, 0.25) is 0 Å². The lowest BCUT2D eigenvalue weighted by Gasteiger charge is -2.23. The predicted molar refractivity (Wildman–Crippen MR) is 124 cm³/mol. The maximum absolute atomic E-state index is 13.5. The highest BCUT2D eigenvalue weighted by molar-refractivity contribution is 6.32. The number of carbonyl (C=O) groups is 3. The van der Waals surface area contributed by atoms with Crippen LogP contribution in [0.3, 0.4) is 0 Å². The lowest BCUT2D eigenvalue weighted by molar-refractivity contribution is 0.0979. The van der Waals surface area contributed by atoms with Crippen molar-refractivity contribution in [3.63, 3.8) is 0 Å². The molecular formula is C27H18N2O3. The topological polar surface area (TPSA) is 75.3 Å². The molecule has 0 aromatic heterocycles. The number of hydrogen-bond acceptors (Lipinski definition) is 4. The number of nitrogens with one attached hydrogen (secondary N) is 2. The third kappa shape index (κ3) is 3.36. The number of amides is 1. The van der Waals surface area contributed by atoms with E-state index in [1.807, 2.05) is 36.4 Å². The van der Waals surface area contributed by atoms with Gasteiger partial charge in [0.1, 0.15) is 0 Å². The van der Waals surface area contributed by atoms with Gasteiger partial charge >= 0.3 is 0 Å². The van der Waals surface area contributed by atoms with Gasteiger partial charge in [-0.25, -0.2) is 0 Å². The number of rotatable bonds is 4. The zero-order valence-corrected chi connectivity index (χ0v) is 17.0. The fourth-order valence-electron chi connectivity index (χ4n) is 3.91. The Hall–Kier alpha value is -4.51. The van der Waals surface area contributed by atoms with Crippen LogP contribution in [0, 0.1) is 0 Å². The SMILES string of the molecule is O=C(Nc1cccc2c1C(=O)c1cccc(Nc3ccccc3)c1C2=O)c1ccccc1. The van der Waals surface area contributed by atoms with E-state index < -0.39 is 0 Å². The molecule has 1 aliphatic carbocycles. The molecule has 5 heteroatoms. The summed E-state index contributed by atoms with van der Waals surface area (Å²) in [6.07, 6.45) is 0. The van der Waals surface area contributed by atoms with Crippen molar-refractivity contribution in [2.24, 2.45) is 0 Å². The normalized spacial score (nSPS) is 12.0. The number of para-hydroxylation sites is 1. The standard InChI is InChI=1S/C27H18N2O3/c30-25-20-14-8-16-22(29-27(32)17-9-3-1-4-10-17)24(20)26(31)19-13-7-15-21(23(19)25)28-18-11-5-2-6-12-18/h1-16,28H,(H,29,32). The molecular weight excluding hydrogens is 400 g/mol. The largest absolute Gasteiger partial charge is 0.355 e. The van der Waals surface area contributed by atoms with Gasteiger partial charge in [-0.1, -0.05) is 60.7 Å². The lowest BCUT2D eigenvalue weighted by atomic mass is 9.82. The van der Waals surface area contributed by atoms with Crippen LogP contribution in [0.15, 0.2) is 97.1 Å². The summed E-state index contributed by atoms with van der Waals surface area (Å²) in [6.45, 7) is 0. The van der Waals surface area contributed by atoms with Crippen LogP contribution in [-0.2, 0) is 0 Å². The predicted octanol–water partition coefficient (Wildman–Crippen LogP) is 5.46. The van der Waals surface area contributed by atoms with Crippen LogP contribution in [0.5, 0.6) is 0 Å². The van der Waals surface area contributed by atoms with E-state index in [9.17, 15) is 14.4 Å². The van der Waals surface area contributed by atoms with E-state index in [-0.39, 0.29) is 28.6 Å². The first kappa shape index (κ1) is 19.5. The number of hydrogen-bond donors (Lipinski definition) is 2. The van der Waals surface area contributed by atoms with Gasteiger partial charge in [0.25, 0.3) is 5.91 Å². The fraction of sp³-hybridized carbons (Fsp3) is 0. The van der Waals surface area contributed by atoms with Gasteiger partial charge in [-0.3, -0.25) is 14.4 Å². The van der Waals surface area contributed by atoms with Gasteiger partial charge in [-0.2, -0.15) is 0 Å². The van der Waals surface area contributed by atoms with Crippen LogP contribution in [-0.4, -0.2) is 17.5 Å². The van der Waals surface area contributed by atoms with Gasteiger partial charge in [0.15, 0.2) is 11.6 Å². The summed E-state index contributed by atoms with van der Waals surface area (Å²) in [5.74, 6) is -0.899. The van der Waals surface area contributed by atoms with Gasteiger partial charge in [0, 0.05) is 22.4 Å². The zero-order valence-electron chi connectivity index (χ0n) is 17.0. The summed E-state index contributed by atoms with van der Waals surface area (Å²) in [4.78, 5) is 39.6. The monoisotopic (exact) mass is 418 g/mol. The van der Waals surface area contributed by atoms with Gasteiger partial charge in [-0.05, 0) is 36.4 Å². The molecule has 5 rings (SSSR count). The van der Waals surface area contributed by atoms with Gasteiger partial charge in [0.05, 0.1) is 22.5 Å². The van der Waals surface area contributed by atoms with E-state index in [2.05, 4.69) is 10.6 Å². The molecule has 0 saturated carbocycles. The smallest absolute Gasteiger partial charge is 0.255 e. The number of benzene rings is 4. The molecule has 5 nitrogen and oxygen atoms in total. The molecule has 1 amide bonds. The van der Waals surface area contributed by atoms with Crippen molar-refractivity contribution in [3.8, 4) is 0 Å². The Morgan fingerprint density at radius 2 is 1.09 bits per heavy atom. The number of anilines is 3. The molecule has 0 aliphatic heterocycles. The maximum Gasteiger partial charge on any atom is 0.255 e. The van der Waals surface area contributed by atoms with Gasteiger partial charge in [0.2, 0.25) is 0 Å². The van der Waals surface area contributed by atoms with Crippen LogP contribution in [0.4, 0.5) is 17.1 Å². The maximum atomic E-state index is 13.5. The third-order valence-corrected chi connectivity index (χ3v) is 5.41. The molecule has 0 unspecified atom stereocenters. The van der Waals surface area contributed by atoms with Crippen molar-refractivity contribution in [2.45, 2.75) is 0 Å². The molecule has 0 spiro atoms. The van der Waals surface area contributed by atoms with Crippen LogP contribution in [0.1, 0.15) is 42.2 Å². The Bertz CT molecular complexity index is 1360. The second-order valence-corrected chi connectivity index (χ2v) is 7.43. The fourth-order valence-corrected chi connectivity index (χ4v) is 3.91. The highest BCUT2D eigenvalue weighted by atomic mass is 16.2. The van der Waals surface area contributed by atoms with Crippen molar-refractivity contribution >= 4 is 34.5 Å². The van der Waals surface area contributed by atoms with E-state index in [0.717, 1.165) is 5.69 Å². The van der Waals surface area contributed by atoms with E-state index in [4.69, 9.17) is 0 Å². The van der Waals surface area contributed by atoms with E-state index in [1.54, 1.807) is 60.7 Å². The average Bonchev–Trinajstić information content (AvgIpc) is 2.83. The molecule has 0 radical (unpaired) electrons. The molecule has 154 valence electrons. The van der Waals surface area contributed by atoms with Crippen molar-refractivity contribution < 1.29 is 14.4 Å². The van der Waals surface area contributed by atoms with Crippen molar-refractivity contribution in [3.05, 3.63) is 125 Å². The molecule has 2 N–H and O–H groups in total. The van der Waals surface area contributed by atoms with Gasteiger partial charge < -0.3 is 10.6 Å². The Morgan fingerprint density at radius 3 is 1.72 bits per heavy atom. The summed E-state index contributed by atoms with van der Waals surface area (Å²) in [6, 6.07) is 28.3. The van der Waals surface area contributed by atoms with Crippen LogP contribution >= 0.6 is 0 Å². The van der Waals surface area contributed by atoms with Crippen molar-refractivity contribution in [1.29, 1.82) is 0 Å². The van der Waals surface area contributed by atoms with Gasteiger partial charge in [-0.15, -0.1) is 0 Å². The quantitative estimate of drug-likeness (QED) is 0.407. The Labute approximate surface area is 184 Å². The second kappa shape index (κ2) is 7.96. The highest BCUT2D eigenvalue weighted by Gasteiger charge is 2.33. The third-order valence-electron chi connectivity index (χ3n) is 5.41. The molecule has 0 saturated heterocycles. The van der Waals surface area contributed by atoms with E-state index >= 15 is 0 Å². The summed E-state index contributed by atoms with van der Waals surface area (Å²) in [5.41, 5.74) is 3.30. The number of carbonyl (C=O) groups excluding carboxylic acids is 3. The molecule has 0 fully saturated rings. The highest BCUT2D eigenvalue weighted by Crippen LogP contribution is 2.36. The molecule has 4 aromatic carbocycles. The van der Waals surface area contributed by atoms with Crippen LogP contribution in [0.25, 0.3) is 0 Å². The molecule has 0 bridgehead atoms. The first-order valence-electron chi connectivity index (χ1n) is 10.2. The van der Waals surface area contributed by atoms with E-state index in [0.29, 0.717) is 28.1 Å². The van der Waals surface area contributed by atoms with E-state index in [1.165, 1.54) is 0 Å². The molecule has 4 aromatic rings. The summed E-state index contributed by atoms with van der Waals surface area (Å²) < 4.78 is 0. The summed E-state index contributed by atoms with van der Waals surface area (Å²) in [5, 5.41) is 6.03. The van der Waals surface area contributed by atoms with Crippen molar-refractivity contribution in [2.75, 3.05) is 10.6 Å². The average molecular weight is 418 g/mol. The number of ketones is 2. The molecule has 32 heavy (non-hydrogen) atoms. The molecule has 0 heterocycles. The number of fused-ring (bicyclic) bond motifs is 2. The lowest BCUT2D eigenvalue weighted by Crippen LogP contribution is -2.24. The minimum atomic E-state index is -0.343.